The molecule has 0 rings (SSSR count). The molecule has 3 heteroatoms. The summed E-state index contributed by atoms with van der Waals surface area (Å²) in [6.45, 7) is 14.0. The highest BCUT2D eigenvalue weighted by molar-refractivity contribution is 6.74. The Labute approximate surface area is 141 Å². The lowest BCUT2D eigenvalue weighted by molar-refractivity contribution is 0.0905. The Bertz CT molecular complexity index is 259. The molecule has 0 bridgehead atoms. The van der Waals surface area contributed by atoms with Crippen molar-refractivity contribution < 1.29 is 9.53 Å². The van der Waals surface area contributed by atoms with Crippen LogP contribution in [0.15, 0.2) is 0 Å². The Morgan fingerprint density at radius 1 is 0.864 bits per heavy atom. The van der Waals surface area contributed by atoms with Gasteiger partial charge < -0.3 is 9.53 Å². The first kappa shape index (κ1) is 22.1. The Kier molecular flexibility index (Phi) is 11.7. The van der Waals surface area contributed by atoms with Crippen LogP contribution in [0.25, 0.3) is 0 Å². The third-order valence-corrected chi connectivity index (χ3v) is 9.58. The minimum Gasteiger partial charge on any atom is -0.414 e. The smallest absolute Gasteiger partial charge is 0.192 e. The van der Waals surface area contributed by atoms with Crippen molar-refractivity contribution in [2.75, 3.05) is 6.61 Å². The average Bonchev–Trinajstić information content (AvgIpc) is 2.42. The molecule has 0 radical (unpaired) electrons. The van der Waals surface area contributed by atoms with E-state index in [1.807, 2.05) is 0 Å². The Morgan fingerprint density at radius 2 is 1.32 bits per heavy atom. The van der Waals surface area contributed by atoms with Crippen LogP contribution in [0, 0.1) is 0 Å². The topological polar surface area (TPSA) is 29.5 Å². The number of hydrogen-bond donors (Lipinski definition) is 1. The van der Waals surface area contributed by atoms with Crippen molar-refractivity contribution in [2.24, 2.45) is 0 Å². The van der Waals surface area contributed by atoms with Crippen molar-refractivity contribution in [2.45, 2.75) is 116 Å². The molecule has 0 saturated heterocycles. The van der Waals surface area contributed by atoms with E-state index in [-0.39, 0.29) is 11.1 Å². The van der Waals surface area contributed by atoms with Crippen LogP contribution in [0.2, 0.25) is 18.1 Å². The molecule has 1 atom stereocenters. The van der Waals surface area contributed by atoms with Gasteiger partial charge in [0.2, 0.25) is 0 Å². The van der Waals surface area contributed by atoms with E-state index in [1.165, 1.54) is 51.4 Å². The zero-order valence-corrected chi connectivity index (χ0v) is 17.2. The fraction of sp³-hybridized carbons (Fsp3) is 1.00. The van der Waals surface area contributed by atoms with E-state index >= 15 is 0 Å². The van der Waals surface area contributed by atoms with Gasteiger partial charge in [-0.05, 0) is 24.6 Å². The van der Waals surface area contributed by atoms with Crippen LogP contribution in [-0.2, 0) is 4.43 Å². The maximum atomic E-state index is 10.1. The summed E-state index contributed by atoms with van der Waals surface area (Å²) in [6.07, 6.45) is 12.6. The predicted octanol–water partition coefficient (Wildman–Crippen LogP) is 6.29. The monoisotopic (exact) mass is 330 g/mol. The predicted molar refractivity (Wildman–Crippen MR) is 101 cm³/mol. The van der Waals surface area contributed by atoms with Gasteiger partial charge in [0.1, 0.15) is 0 Å². The van der Waals surface area contributed by atoms with Gasteiger partial charge in [-0.2, -0.15) is 0 Å². The summed E-state index contributed by atoms with van der Waals surface area (Å²) in [4.78, 5) is 0. The van der Waals surface area contributed by atoms with Gasteiger partial charge in [0.05, 0.1) is 12.7 Å². The number of unbranched alkanes of at least 4 members (excludes halogenated alkanes) is 8. The Morgan fingerprint density at radius 3 is 1.77 bits per heavy atom. The zero-order chi connectivity index (χ0) is 17.1. The van der Waals surface area contributed by atoms with Gasteiger partial charge in [-0.25, -0.2) is 0 Å². The second-order valence-corrected chi connectivity index (χ2v) is 13.2. The van der Waals surface area contributed by atoms with Crippen molar-refractivity contribution in [3.63, 3.8) is 0 Å². The van der Waals surface area contributed by atoms with Crippen LogP contribution in [0.4, 0.5) is 0 Å². The van der Waals surface area contributed by atoms with Crippen LogP contribution in [0.1, 0.15) is 91.9 Å². The Hall–Kier alpha value is 0.137. The lowest BCUT2D eigenvalue weighted by atomic mass is 10.1. The summed E-state index contributed by atoms with van der Waals surface area (Å²) in [5.74, 6) is 0. The molecule has 0 spiro atoms. The van der Waals surface area contributed by atoms with E-state index < -0.39 is 8.32 Å². The largest absolute Gasteiger partial charge is 0.414 e. The second kappa shape index (κ2) is 11.6. The molecule has 1 unspecified atom stereocenters. The summed E-state index contributed by atoms with van der Waals surface area (Å²) in [7, 11) is -1.70. The number of aliphatic hydroxyl groups excluding tert-OH is 1. The van der Waals surface area contributed by atoms with E-state index in [1.54, 1.807) is 0 Å². The third-order valence-electron chi connectivity index (χ3n) is 5.08. The first-order valence-electron chi connectivity index (χ1n) is 9.52. The van der Waals surface area contributed by atoms with Gasteiger partial charge in [0.25, 0.3) is 0 Å². The van der Waals surface area contributed by atoms with E-state index in [9.17, 15) is 5.11 Å². The standard InChI is InChI=1S/C19H42O2Si/c1-7-8-9-10-11-12-13-14-15-16-18(20)17-21-22(5,6)19(2,3)4/h18,20H,7-17H2,1-6H3. The van der Waals surface area contributed by atoms with Crippen molar-refractivity contribution in [1.82, 2.24) is 0 Å². The first-order valence-corrected chi connectivity index (χ1v) is 12.4. The lowest BCUT2D eigenvalue weighted by Crippen LogP contribution is -2.42. The molecular weight excluding hydrogens is 288 g/mol. The van der Waals surface area contributed by atoms with Gasteiger partial charge in [-0.15, -0.1) is 0 Å². The first-order chi connectivity index (χ1) is 10.2. The van der Waals surface area contributed by atoms with Gasteiger partial charge in [0.15, 0.2) is 8.32 Å². The maximum Gasteiger partial charge on any atom is 0.192 e. The molecule has 22 heavy (non-hydrogen) atoms. The van der Waals surface area contributed by atoms with Crippen molar-refractivity contribution >= 4 is 8.32 Å². The highest BCUT2D eigenvalue weighted by Crippen LogP contribution is 2.36. The molecule has 0 saturated carbocycles. The van der Waals surface area contributed by atoms with E-state index in [4.69, 9.17) is 4.43 Å². The summed E-state index contributed by atoms with van der Waals surface area (Å²) >= 11 is 0. The molecule has 0 aromatic carbocycles. The van der Waals surface area contributed by atoms with E-state index in [0.29, 0.717) is 6.61 Å². The molecule has 0 aromatic rings. The van der Waals surface area contributed by atoms with Crippen molar-refractivity contribution in [3.05, 3.63) is 0 Å². The highest BCUT2D eigenvalue weighted by Gasteiger charge is 2.37. The summed E-state index contributed by atoms with van der Waals surface area (Å²) in [5, 5.41) is 10.3. The minimum atomic E-state index is -1.70. The van der Waals surface area contributed by atoms with E-state index in [2.05, 4.69) is 40.8 Å². The van der Waals surface area contributed by atoms with Crippen molar-refractivity contribution in [3.8, 4) is 0 Å². The minimum absolute atomic E-state index is 0.227. The lowest BCUT2D eigenvalue weighted by Gasteiger charge is -2.36. The molecule has 0 aliphatic rings. The average molecular weight is 331 g/mol. The molecule has 1 N–H and O–H groups in total. The summed E-state index contributed by atoms with van der Waals surface area (Å²) in [5.41, 5.74) is 0. The molecule has 0 aliphatic carbocycles. The molecule has 0 heterocycles. The number of rotatable bonds is 13. The molecule has 2 nitrogen and oxygen atoms in total. The zero-order valence-electron chi connectivity index (χ0n) is 16.2. The quantitative estimate of drug-likeness (QED) is 0.317. The Balaban J connectivity index is 3.53. The van der Waals surface area contributed by atoms with E-state index in [0.717, 1.165) is 12.8 Å². The normalized spacial score (nSPS) is 14.3. The van der Waals surface area contributed by atoms with Crippen LogP contribution in [-0.4, -0.2) is 26.1 Å². The summed E-state index contributed by atoms with van der Waals surface area (Å²) in [6, 6.07) is 0. The number of hydrogen-bond acceptors (Lipinski definition) is 2. The molecule has 0 aliphatic heterocycles. The maximum absolute atomic E-state index is 10.1. The fourth-order valence-electron chi connectivity index (χ4n) is 2.29. The van der Waals surface area contributed by atoms with Crippen molar-refractivity contribution in [1.29, 1.82) is 0 Å². The fourth-order valence-corrected chi connectivity index (χ4v) is 3.34. The molecule has 0 aromatic heterocycles. The SMILES string of the molecule is CCCCCCCCCCCC(O)CO[Si](C)(C)C(C)(C)C. The van der Waals surface area contributed by atoms with Crippen LogP contribution in [0.3, 0.4) is 0 Å². The van der Waals surface area contributed by atoms with Crippen LogP contribution < -0.4 is 0 Å². The number of aliphatic hydroxyl groups is 1. The van der Waals surface area contributed by atoms with Gasteiger partial charge >= 0.3 is 0 Å². The van der Waals surface area contributed by atoms with Gasteiger partial charge in [0, 0.05) is 0 Å². The second-order valence-electron chi connectivity index (χ2n) is 8.34. The molecular formula is C19H42O2Si. The van der Waals surface area contributed by atoms with Crippen LogP contribution in [0.5, 0.6) is 0 Å². The third kappa shape index (κ3) is 10.8. The highest BCUT2D eigenvalue weighted by atomic mass is 28.4. The molecule has 134 valence electrons. The van der Waals surface area contributed by atoms with Crippen LogP contribution >= 0.6 is 0 Å². The van der Waals surface area contributed by atoms with Gasteiger partial charge in [-0.3, -0.25) is 0 Å². The molecule has 0 fully saturated rings. The summed E-state index contributed by atoms with van der Waals surface area (Å²) < 4.78 is 6.08. The van der Waals surface area contributed by atoms with Gasteiger partial charge in [-0.1, -0.05) is 85.5 Å². The molecule has 0 amide bonds.